The van der Waals surface area contributed by atoms with E-state index in [0.29, 0.717) is 0 Å². The minimum Gasteiger partial charge on any atom is -0.479 e. The number of hydrogen-bond donors (Lipinski definition) is 2. The van der Waals surface area contributed by atoms with E-state index >= 15 is 0 Å². The molecule has 0 spiro atoms. The summed E-state index contributed by atoms with van der Waals surface area (Å²) in [4.78, 5) is 10.5. The van der Waals surface area contributed by atoms with E-state index < -0.39 is 12.1 Å². The van der Waals surface area contributed by atoms with Crippen molar-refractivity contribution in [2.75, 3.05) is 0 Å². The summed E-state index contributed by atoms with van der Waals surface area (Å²) < 4.78 is 0. The quantitative estimate of drug-likeness (QED) is 0.780. The fourth-order valence-corrected chi connectivity index (χ4v) is 2.06. The van der Waals surface area contributed by atoms with Gasteiger partial charge in [0, 0.05) is 6.42 Å². The monoisotopic (exact) mass is 206 g/mol. The van der Waals surface area contributed by atoms with Crippen LogP contribution in [0.15, 0.2) is 18.2 Å². The van der Waals surface area contributed by atoms with Crippen molar-refractivity contribution in [3.63, 3.8) is 0 Å². The smallest absolute Gasteiger partial charge is 0.332 e. The predicted octanol–water partition coefficient (Wildman–Crippen LogP) is 1.16. The lowest BCUT2D eigenvalue weighted by molar-refractivity contribution is -0.146. The number of aliphatic carboxylic acids is 1. The standard InChI is InChI=1S/C12H14O3/c13-11(12(14)15)7-8-4-5-9-2-1-3-10(9)6-8/h4-6,11,13H,1-3,7H2,(H,14,15). The first kappa shape index (κ1) is 10.2. The number of carboxylic acid groups (broad SMARTS) is 1. The maximum atomic E-state index is 10.5. The van der Waals surface area contributed by atoms with E-state index in [1.54, 1.807) is 0 Å². The third-order valence-electron chi connectivity index (χ3n) is 2.88. The van der Waals surface area contributed by atoms with E-state index in [4.69, 9.17) is 5.11 Å². The van der Waals surface area contributed by atoms with Gasteiger partial charge in [-0.25, -0.2) is 4.79 Å². The Labute approximate surface area is 88.4 Å². The van der Waals surface area contributed by atoms with Crippen LogP contribution in [-0.4, -0.2) is 22.3 Å². The maximum absolute atomic E-state index is 10.5. The molecule has 15 heavy (non-hydrogen) atoms. The largest absolute Gasteiger partial charge is 0.479 e. The normalized spacial score (nSPS) is 16.1. The second kappa shape index (κ2) is 4.03. The maximum Gasteiger partial charge on any atom is 0.332 e. The van der Waals surface area contributed by atoms with E-state index in [9.17, 15) is 9.90 Å². The summed E-state index contributed by atoms with van der Waals surface area (Å²) in [6.07, 6.45) is 2.29. The second-order valence-electron chi connectivity index (χ2n) is 4.01. The summed E-state index contributed by atoms with van der Waals surface area (Å²) in [6, 6.07) is 5.98. The van der Waals surface area contributed by atoms with Gasteiger partial charge in [-0.1, -0.05) is 18.2 Å². The average Bonchev–Trinajstić information content (AvgIpc) is 2.64. The Balaban J connectivity index is 2.13. The van der Waals surface area contributed by atoms with Gasteiger partial charge in [0.1, 0.15) is 0 Å². The van der Waals surface area contributed by atoms with E-state index in [2.05, 4.69) is 0 Å². The summed E-state index contributed by atoms with van der Waals surface area (Å²) in [6.45, 7) is 0. The first-order valence-electron chi connectivity index (χ1n) is 5.18. The van der Waals surface area contributed by atoms with Crippen LogP contribution in [0, 0.1) is 0 Å². The zero-order valence-electron chi connectivity index (χ0n) is 8.44. The summed E-state index contributed by atoms with van der Waals surface area (Å²) in [5.74, 6) is -1.16. The van der Waals surface area contributed by atoms with Crippen molar-refractivity contribution >= 4 is 5.97 Å². The molecule has 80 valence electrons. The van der Waals surface area contributed by atoms with Crippen LogP contribution in [0.5, 0.6) is 0 Å². The number of aliphatic hydroxyl groups excluding tert-OH is 1. The second-order valence-corrected chi connectivity index (χ2v) is 4.01. The molecular weight excluding hydrogens is 192 g/mol. The Kier molecular flexibility index (Phi) is 2.73. The van der Waals surface area contributed by atoms with Crippen molar-refractivity contribution < 1.29 is 15.0 Å². The molecule has 0 bridgehead atoms. The molecule has 1 aliphatic carbocycles. The summed E-state index contributed by atoms with van der Waals surface area (Å²) >= 11 is 0. The fourth-order valence-electron chi connectivity index (χ4n) is 2.06. The van der Waals surface area contributed by atoms with Gasteiger partial charge in [-0.2, -0.15) is 0 Å². The van der Waals surface area contributed by atoms with Gasteiger partial charge < -0.3 is 10.2 Å². The molecule has 3 nitrogen and oxygen atoms in total. The van der Waals surface area contributed by atoms with Crippen LogP contribution in [0.1, 0.15) is 23.1 Å². The van der Waals surface area contributed by atoms with Crippen LogP contribution in [-0.2, 0) is 24.1 Å². The zero-order chi connectivity index (χ0) is 10.8. The van der Waals surface area contributed by atoms with Crippen LogP contribution in [0.2, 0.25) is 0 Å². The van der Waals surface area contributed by atoms with Gasteiger partial charge in [-0.15, -0.1) is 0 Å². The Bertz CT molecular complexity index is 384. The van der Waals surface area contributed by atoms with Crippen molar-refractivity contribution in [3.05, 3.63) is 34.9 Å². The highest BCUT2D eigenvalue weighted by Gasteiger charge is 2.16. The molecule has 0 radical (unpaired) electrons. The summed E-state index contributed by atoms with van der Waals surface area (Å²) in [5.41, 5.74) is 3.58. The van der Waals surface area contributed by atoms with Gasteiger partial charge in [-0.3, -0.25) is 0 Å². The molecule has 0 fully saturated rings. The molecular formula is C12H14O3. The highest BCUT2D eigenvalue weighted by molar-refractivity contribution is 5.72. The molecule has 2 rings (SSSR count). The van der Waals surface area contributed by atoms with Crippen molar-refractivity contribution in [1.29, 1.82) is 0 Å². The molecule has 0 aliphatic heterocycles. The first-order chi connectivity index (χ1) is 7.16. The number of fused-ring (bicyclic) bond motifs is 1. The number of benzene rings is 1. The Hall–Kier alpha value is -1.35. The Morgan fingerprint density at radius 3 is 2.80 bits per heavy atom. The van der Waals surface area contributed by atoms with Crippen molar-refractivity contribution in [1.82, 2.24) is 0 Å². The molecule has 0 saturated carbocycles. The van der Waals surface area contributed by atoms with Crippen molar-refractivity contribution in [2.24, 2.45) is 0 Å². The highest BCUT2D eigenvalue weighted by atomic mass is 16.4. The van der Waals surface area contributed by atoms with Crippen LogP contribution < -0.4 is 0 Å². The van der Waals surface area contributed by atoms with Crippen molar-refractivity contribution in [3.8, 4) is 0 Å². The van der Waals surface area contributed by atoms with E-state index in [1.165, 1.54) is 17.5 Å². The number of carboxylic acids is 1. The lowest BCUT2D eigenvalue weighted by Gasteiger charge is -2.07. The van der Waals surface area contributed by atoms with E-state index in [1.807, 2.05) is 18.2 Å². The minimum atomic E-state index is -1.29. The Morgan fingerprint density at radius 2 is 2.07 bits per heavy atom. The molecule has 1 atom stereocenters. The van der Waals surface area contributed by atoms with Crippen LogP contribution in [0.4, 0.5) is 0 Å². The number of aryl methyl sites for hydroxylation is 2. The van der Waals surface area contributed by atoms with Gasteiger partial charge in [0.05, 0.1) is 0 Å². The van der Waals surface area contributed by atoms with E-state index in [0.717, 1.165) is 18.4 Å². The fraction of sp³-hybridized carbons (Fsp3) is 0.417. The number of hydrogen-bond acceptors (Lipinski definition) is 2. The van der Waals surface area contributed by atoms with Gasteiger partial charge in [-0.05, 0) is 36.0 Å². The molecule has 1 unspecified atom stereocenters. The molecule has 0 amide bonds. The molecule has 2 N–H and O–H groups in total. The highest BCUT2D eigenvalue weighted by Crippen LogP contribution is 2.23. The van der Waals surface area contributed by atoms with Crippen LogP contribution >= 0.6 is 0 Å². The molecule has 1 aromatic rings. The molecule has 0 aromatic heterocycles. The molecule has 0 saturated heterocycles. The summed E-state index contributed by atoms with van der Waals surface area (Å²) in [5, 5.41) is 17.8. The summed E-state index contributed by atoms with van der Waals surface area (Å²) in [7, 11) is 0. The molecule has 1 aliphatic rings. The minimum absolute atomic E-state index is 0.197. The van der Waals surface area contributed by atoms with E-state index in [-0.39, 0.29) is 6.42 Å². The molecule has 3 heteroatoms. The van der Waals surface area contributed by atoms with Gasteiger partial charge in [0.15, 0.2) is 6.10 Å². The Morgan fingerprint density at radius 1 is 1.33 bits per heavy atom. The third-order valence-corrected chi connectivity index (χ3v) is 2.88. The van der Waals surface area contributed by atoms with Gasteiger partial charge >= 0.3 is 5.97 Å². The van der Waals surface area contributed by atoms with Gasteiger partial charge in [0.2, 0.25) is 0 Å². The third kappa shape index (κ3) is 2.18. The van der Waals surface area contributed by atoms with Crippen LogP contribution in [0.3, 0.4) is 0 Å². The van der Waals surface area contributed by atoms with Crippen LogP contribution in [0.25, 0.3) is 0 Å². The van der Waals surface area contributed by atoms with Crippen molar-refractivity contribution in [2.45, 2.75) is 31.8 Å². The molecule has 0 heterocycles. The number of rotatable bonds is 3. The lowest BCUT2D eigenvalue weighted by atomic mass is 10.0. The lowest BCUT2D eigenvalue weighted by Crippen LogP contribution is -2.21. The zero-order valence-corrected chi connectivity index (χ0v) is 8.44. The predicted molar refractivity (Wildman–Crippen MR) is 55.8 cm³/mol. The van der Waals surface area contributed by atoms with Gasteiger partial charge in [0.25, 0.3) is 0 Å². The SMILES string of the molecule is O=C(O)C(O)Cc1ccc2c(c1)CCC2. The topological polar surface area (TPSA) is 57.5 Å². The molecule has 1 aromatic carbocycles. The average molecular weight is 206 g/mol. The first-order valence-corrected chi connectivity index (χ1v) is 5.18. The number of carbonyl (C=O) groups is 1. The number of aliphatic hydroxyl groups is 1.